The summed E-state index contributed by atoms with van der Waals surface area (Å²) in [4.78, 5) is 24.4. The van der Waals surface area contributed by atoms with Crippen LogP contribution in [-0.4, -0.2) is 47.4 Å². The zero-order chi connectivity index (χ0) is 40.1. The van der Waals surface area contributed by atoms with E-state index >= 15 is 0 Å². The van der Waals surface area contributed by atoms with Crippen molar-refractivity contribution in [1.82, 2.24) is 5.32 Å². The van der Waals surface area contributed by atoms with Crippen molar-refractivity contribution >= 4 is 11.9 Å². The van der Waals surface area contributed by atoms with Gasteiger partial charge in [-0.25, -0.2) is 0 Å². The number of hydrogen-bond donors (Lipinski definition) is 3. The van der Waals surface area contributed by atoms with Crippen LogP contribution >= 0.6 is 0 Å². The minimum atomic E-state index is -0.876. The Labute approximate surface area is 340 Å². The minimum Gasteiger partial charge on any atom is -0.466 e. The van der Waals surface area contributed by atoms with Gasteiger partial charge >= 0.3 is 5.97 Å². The number of carbonyl (C=O) groups is 2. The van der Waals surface area contributed by atoms with Crippen molar-refractivity contribution in [3.05, 3.63) is 48.6 Å². The van der Waals surface area contributed by atoms with Crippen molar-refractivity contribution < 1.29 is 24.5 Å². The molecule has 0 heterocycles. The van der Waals surface area contributed by atoms with Gasteiger partial charge in [-0.1, -0.05) is 184 Å². The van der Waals surface area contributed by atoms with Crippen LogP contribution in [0, 0.1) is 0 Å². The minimum absolute atomic E-state index is 0.0539. The van der Waals surface area contributed by atoms with E-state index in [4.69, 9.17) is 4.74 Å². The monoisotopic (exact) mass is 772 g/mol. The molecule has 0 aromatic carbocycles. The van der Waals surface area contributed by atoms with Crippen LogP contribution in [-0.2, 0) is 14.3 Å². The number of esters is 1. The highest BCUT2D eigenvalue weighted by Gasteiger charge is 2.17. The summed E-state index contributed by atoms with van der Waals surface area (Å²) in [7, 11) is 0. The number of allylic oxidation sites excluding steroid dienone is 7. The highest BCUT2D eigenvalue weighted by atomic mass is 16.5. The molecule has 0 bridgehead atoms. The van der Waals surface area contributed by atoms with Crippen LogP contribution in [0.2, 0.25) is 0 Å². The fourth-order valence-corrected chi connectivity index (χ4v) is 6.65. The molecular weight excluding hydrogens is 683 g/mol. The molecule has 320 valence electrons. The quantitative estimate of drug-likeness (QED) is 0.0326. The van der Waals surface area contributed by atoms with Crippen LogP contribution in [0.25, 0.3) is 0 Å². The van der Waals surface area contributed by atoms with Gasteiger partial charge in [0.2, 0.25) is 5.91 Å². The molecule has 0 rings (SSSR count). The lowest BCUT2D eigenvalue weighted by molar-refractivity contribution is -0.143. The molecule has 2 atom stereocenters. The Morgan fingerprint density at radius 3 is 1.49 bits per heavy atom. The Bertz CT molecular complexity index is 942. The molecular formula is C49H89NO5. The topological polar surface area (TPSA) is 95.9 Å². The highest BCUT2D eigenvalue weighted by molar-refractivity contribution is 5.76. The number of aliphatic hydroxyl groups is 2. The molecule has 0 aromatic heterocycles. The Morgan fingerprint density at radius 1 is 0.509 bits per heavy atom. The second-order valence-electron chi connectivity index (χ2n) is 15.7. The van der Waals surface area contributed by atoms with Crippen molar-refractivity contribution in [1.29, 1.82) is 0 Å². The first-order valence-corrected chi connectivity index (χ1v) is 23.4. The average molecular weight is 772 g/mol. The van der Waals surface area contributed by atoms with Crippen LogP contribution < -0.4 is 5.32 Å². The normalized spacial score (nSPS) is 13.2. The molecule has 6 heteroatoms. The van der Waals surface area contributed by atoms with Gasteiger partial charge in [0.15, 0.2) is 0 Å². The van der Waals surface area contributed by atoms with Gasteiger partial charge in [0, 0.05) is 12.8 Å². The maximum absolute atomic E-state index is 12.4. The molecule has 0 spiro atoms. The van der Waals surface area contributed by atoms with E-state index in [9.17, 15) is 19.8 Å². The molecule has 1 amide bonds. The van der Waals surface area contributed by atoms with E-state index in [1.807, 2.05) is 6.08 Å². The molecule has 0 fully saturated rings. The molecule has 0 radical (unpaired) electrons. The van der Waals surface area contributed by atoms with E-state index < -0.39 is 12.1 Å². The predicted octanol–water partition coefficient (Wildman–Crippen LogP) is 13.5. The van der Waals surface area contributed by atoms with Crippen LogP contribution in [0.1, 0.15) is 226 Å². The number of unbranched alkanes of at least 4 members (excludes halogenated alkanes) is 25. The van der Waals surface area contributed by atoms with Gasteiger partial charge in [-0.3, -0.25) is 9.59 Å². The van der Waals surface area contributed by atoms with E-state index in [0.29, 0.717) is 19.4 Å². The number of amides is 1. The maximum Gasteiger partial charge on any atom is 0.305 e. The molecule has 0 aromatic rings. The van der Waals surface area contributed by atoms with Gasteiger partial charge in [-0.15, -0.1) is 0 Å². The SMILES string of the molecule is CCCC/C=C\C/C=C\CCCCCCCC(=O)OCCCCCC/C=C\CCCC(=O)NC(CO)C(O)/C=C/CCCCCCCCCCCCCCC. The van der Waals surface area contributed by atoms with Crippen molar-refractivity contribution in [2.75, 3.05) is 13.2 Å². The van der Waals surface area contributed by atoms with Crippen LogP contribution in [0.4, 0.5) is 0 Å². The second-order valence-corrected chi connectivity index (χ2v) is 15.7. The van der Waals surface area contributed by atoms with Gasteiger partial charge in [0.25, 0.3) is 0 Å². The lowest BCUT2D eigenvalue weighted by Crippen LogP contribution is -2.45. The van der Waals surface area contributed by atoms with E-state index in [1.54, 1.807) is 6.08 Å². The largest absolute Gasteiger partial charge is 0.466 e. The molecule has 2 unspecified atom stereocenters. The summed E-state index contributed by atoms with van der Waals surface area (Å²) in [6, 6.07) is -0.667. The third kappa shape index (κ3) is 41.3. The maximum atomic E-state index is 12.4. The van der Waals surface area contributed by atoms with Gasteiger partial charge < -0.3 is 20.3 Å². The molecule has 3 N–H and O–H groups in total. The van der Waals surface area contributed by atoms with E-state index in [2.05, 4.69) is 55.6 Å². The van der Waals surface area contributed by atoms with E-state index in [-0.39, 0.29) is 18.5 Å². The van der Waals surface area contributed by atoms with Crippen LogP contribution in [0.3, 0.4) is 0 Å². The fourth-order valence-electron chi connectivity index (χ4n) is 6.65. The molecule has 0 aliphatic carbocycles. The average Bonchev–Trinajstić information content (AvgIpc) is 3.18. The third-order valence-electron chi connectivity index (χ3n) is 10.3. The molecule has 0 aliphatic heterocycles. The zero-order valence-electron chi connectivity index (χ0n) is 36.1. The number of ether oxygens (including phenoxy) is 1. The zero-order valence-corrected chi connectivity index (χ0v) is 36.1. The second kappa shape index (κ2) is 44.5. The lowest BCUT2D eigenvalue weighted by Gasteiger charge is -2.19. The summed E-state index contributed by atoms with van der Waals surface area (Å²) in [6.45, 7) is 4.74. The highest BCUT2D eigenvalue weighted by Crippen LogP contribution is 2.14. The van der Waals surface area contributed by atoms with Crippen molar-refractivity contribution in [2.45, 2.75) is 238 Å². The summed E-state index contributed by atoms with van der Waals surface area (Å²) in [5, 5.41) is 23.0. The third-order valence-corrected chi connectivity index (χ3v) is 10.3. The predicted molar refractivity (Wildman–Crippen MR) is 236 cm³/mol. The summed E-state index contributed by atoms with van der Waals surface area (Å²) in [5.74, 6) is -0.185. The smallest absolute Gasteiger partial charge is 0.305 e. The van der Waals surface area contributed by atoms with Crippen LogP contribution in [0.5, 0.6) is 0 Å². The van der Waals surface area contributed by atoms with Gasteiger partial charge in [-0.2, -0.15) is 0 Å². The van der Waals surface area contributed by atoms with Crippen molar-refractivity contribution in [3.63, 3.8) is 0 Å². The number of hydrogen-bond acceptors (Lipinski definition) is 5. The van der Waals surface area contributed by atoms with Gasteiger partial charge in [0.1, 0.15) is 0 Å². The first-order valence-electron chi connectivity index (χ1n) is 23.4. The van der Waals surface area contributed by atoms with E-state index in [0.717, 1.165) is 83.5 Å². The lowest BCUT2D eigenvalue weighted by atomic mass is 10.0. The Hall–Kier alpha value is -2.18. The molecule has 0 aliphatic rings. The number of carbonyl (C=O) groups excluding carboxylic acids is 2. The fraction of sp³-hybridized carbons (Fsp3) is 0.796. The summed E-state index contributed by atoms with van der Waals surface area (Å²) in [5.41, 5.74) is 0. The first-order chi connectivity index (χ1) is 27.0. The first kappa shape index (κ1) is 52.8. The van der Waals surface area contributed by atoms with Gasteiger partial charge in [0.05, 0.1) is 25.4 Å². The molecule has 0 saturated heterocycles. The number of nitrogens with one attached hydrogen (secondary N) is 1. The number of rotatable bonds is 42. The summed E-state index contributed by atoms with van der Waals surface area (Å²) >= 11 is 0. The summed E-state index contributed by atoms with van der Waals surface area (Å²) in [6.07, 6.45) is 53.9. The van der Waals surface area contributed by atoms with Crippen molar-refractivity contribution in [2.24, 2.45) is 0 Å². The standard InChI is InChI=1S/C49H89NO5/c1-3-5-7-9-11-13-15-17-19-20-22-25-29-33-37-41-47(52)46(45-51)50-48(53)42-38-34-30-26-24-28-32-36-40-44-55-49(54)43-39-35-31-27-23-21-18-16-14-12-10-8-6-4-2/h10,12,16,18,26,30,37,41,46-47,51-52H,3-9,11,13-15,17,19-25,27-29,31-36,38-40,42-45H2,1-2H3,(H,50,53)/b12-10-,18-16-,30-26-,41-37+. The summed E-state index contributed by atoms with van der Waals surface area (Å²) < 4.78 is 5.42. The van der Waals surface area contributed by atoms with Crippen molar-refractivity contribution in [3.8, 4) is 0 Å². The molecule has 6 nitrogen and oxygen atoms in total. The Kier molecular flexibility index (Phi) is 42.8. The van der Waals surface area contributed by atoms with Gasteiger partial charge in [-0.05, 0) is 77.0 Å². The Balaban J connectivity index is 3.62. The molecule has 55 heavy (non-hydrogen) atoms. The molecule has 0 saturated carbocycles. The van der Waals surface area contributed by atoms with Crippen LogP contribution in [0.15, 0.2) is 48.6 Å². The van der Waals surface area contributed by atoms with E-state index in [1.165, 1.54) is 116 Å². The number of aliphatic hydroxyl groups excluding tert-OH is 2. The Morgan fingerprint density at radius 2 is 0.945 bits per heavy atom.